The van der Waals surface area contributed by atoms with Gasteiger partial charge in [0.15, 0.2) is 0 Å². The van der Waals surface area contributed by atoms with E-state index in [1.54, 1.807) is 14.2 Å². The van der Waals surface area contributed by atoms with Crippen LogP contribution in [0.15, 0.2) is 36.4 Å². The standard InChI is InChI=1S/C15H18N2O2/c1-10-6-11(16)4-5-15(10)17-12-7-13(18-2)9-14(8-12)19-3/h4-9,17H,16H2,1-3H3. The smallest absolute Gasteiger partial charge is 0.124 e. The van der Waals surface area contributed by atoms with Gasteiger partial charge in [0.25, 0.3) is 0 Å². The van der Waals surface area contributed by atoms with Crippen molar-refractivity contribution >= 4 is 17.1 Å². The number of nitrogens with two attached hydrogens (primary N) is 1. The second-order valence-corrected chi connectivity index (χ2v) is 4.30. The first-order chi connectivity index (χ1) is 9.12. The first-order valence-electron chi connectivity index (χ1n) is 5.98. The van der Waals surface area contributed by atoms with Crippen LogP contribution in [0, 0.1) is 6.92 Å². The van der Waals surface area contributed by atoms with Gasteiger partial charge in [0.1, 0.15) is 11.5 Å². The number of benzene rings is 2. The molecule has 0 saturated carbocycles. The van der Waals surface area contributed by atoms with Crippen molar-refractivity contribution in [2.75, 3.05) is 25.3 Å². The average molecular weight is 258 g/mol. The van der Waals surface area contributed by atoms with Crippen molar-refractivity contribution in [2.24, 2.45) is 0 Å². The lowest BCUT2D eigenvalue weighted by Gasteiger charge is -2.13. The van der Waals surface area contributed by atoms with Gasteiger partial charge < -0.3 is 20.5 Å². The Morgan fingerprint density at radius 2 is 1.58 bits per heavy atom. The third-order valence-corrected chi connectivity index (χ3v) is 2.88. The number of nitrogen functional groups attached to an aromatic ring is 1. The molecule has 0 aliphatic carbocycles. The normalized spacial score (nSPS) is 10.1. The fraction of sp³-hybridized carbons (Fsp3) is 0.200. The lowest BCUT2D eigenvalue weighted by molar-refractivity contribution is 0.395. The first kappa shape index (κ1) is 13.1. The summed E-state index contributed by atoms with van der Waals surface area (Å²) in [6.07, 6.45) is 0. The van der Waals surface area contributed by atoms with Gasteiger partial charge in [-0.3, -0.25) is 0 Å². The molecule has 0 spiro atoms. The van der Waals surface area contributed by atoms with Crippen LogP contribution >= 0.6 is 0 Å². The third kappa shape index (κ3) is 3.10. The molecule has 4 nitrogen and oxygen atoms in total. The van der Waals surface area contributed by atoms with Gasteiger partial charge in [0, 0.05) is 35.3 Å². The van der Waals surface area contributed by atoms with E-state index >= 15 is 0 Å². The zero-order chi connectivity index (χ0) is 13.8. The summed E-state index contributed by atoms with van der Waals surface area (Å²) in [7, 11) is 3.26. The minimum atomic E-state index is 0.745. The van der Waals surface area contributed by atoms with E-state index in [0.717, 1.165) is 34.1 Å². The number of rotatable bonds is 4. The summed E-state index contributed by atoms with van der Waals surface area (Å²) in [6, 6.07) is 11.4. The molecule has 0 aromatic heterocycles. The number of hydrogen-bond acceptors (Lipinski definition) is 4. The summed E-state index contributed by atoms with van der Waals surface area (Å²) >= 11 is 0. The summed E-state index contributed by atoms with van der Waals surface area (Å²) in [6.45, 7) is 2.01. The molecule has 19 heavy (non-hydrogen) atoms. The fourth-order valence-electron chi connectivity index (χ4n) is 1.86. The Hall–Kier alpha value is -2.36. The van der Waals surface area contributed by atoms with Gasteiger partial charge in [0.05, 0.1) is 14.2 Å². The van der Waals surface area contributed by atoms with Crippen LogP contribution in [-0.2, 0) is 0 Å². The maximum Gasteiger partial charge on any atom is 0.124 e. The van der Waals surface area contributed by atoms with E-state index in [0.29, 0.717) is 0 Å². The van der Waals surface area contributed by atoms with Crippen LogP contribution in [0.25, 0.3) is 0 Å². The summed E-state index contributed by atoms with van der Waals surface area (Å²) in [4.78, 5) is 0. The Labute approximate surface area is 113 Å². The lowest BCUT2D eigenvalue weighted by atomic mass is 10.1. The fourth-order valence-corrected chi connectivity index (χ4v) is 1.86. The van der Waals surface area contributed by atoms with Gasteiger partial charge in [-0.15, -0.1) is 0 Å². The van der Waals surface area contributed by atoms with Crippen LogP contribution in [0.2, 0.25) is 0 Å². The van der Waals surface area contributed by atoms with Gasteiger partial charge in [-0.2, -0.15) is 0 Å². The second-order valence-electron chi connectivity index (χ2n) is 4.30. The zero-order valence-electron chi connectivity index (χ0n) is 11.4. The lowest BCUT2D eigenvalue weighted by Crippen LogP contribution is -1.96. The van der Waals surface area contributed by atoms with Crippen molar-refractivity contribution in [1.82, 2.24) is 0 Å². The van der Waals surface area contributed by atoms with E-state index in [1.165, 1.54) is 0 Å². The molecule has 4 heteroatoms. The highest BCUT2D eigenvalue weighted by molar-refractivity contribution is 5.67. The summed E-state index contributed by atoms with van der Waals surface area (Å²) in [5.74, 6) is 1.49. The van der Waals surface area contributed by atoms with E-state index in [2.05, 4.69) is 5.32 Å². The number of ether oxygens (including phenoxy) is 2. The van der Waals surface area contributed by atoms with Crippen LogP contribution in [0.3, 0.4) is 0 Å². The van der Waals surface area contributed by atoms with Crippen LogP contribution in [0.4, 0.5) is 17.1 Å². The van der Waals surface area contributed by atoms with Gasteiger partial charge in [-0.1, -0.05) is 0 Å². The molecule has 2 aromatic rings. The molecule has 3 N–H and O–H groups in total. The third-order valence-electron chi connectivity index (χ3n) is 2.88. The first-order valence-corrected chi connectivity index (χ1v) is 5.98. The Balaban J connectivity index is 2.31. The Bertz CT molecular complexity index is 560. The molecule has 0 bridgehead atoms. The number of anilines is 3. The molecule has 0 atom stereocenters. The molecular formula is C15H18N2O2. The monoisotopic (exact) mass is 258 g/mol. The van der Waals surface area contributed by atoms with E-state index < -0.39 is 0 Å². The summed E-state index contributed by atoms with van der Waals surface area (Å²) in [5.41, 5.74) is 9.50. The Kier molecular flexibility index (Phi) is 3.80. The summed E-state index contributed by atoms with van der Waals surface area (Å²) in [5, 5.41) is 3.33. The minimum absolute atomic E-state index is 0.745. The van der Waals surface area contributed by atoms with Crippen molar-refractivity contribution in [3.8, 4) is 11.5 Å². The molecule has 2 rings (SSSR count). The van der Waals surface area contributed by atoms with Crippen molar-refractivity contribution in [2.45, 2.75) is 6.92 Å². The predicted octanol–water partition coefficient (Wildman–Crippen LogP) is 3.34. The Morgan fingerprint density at radius 3 is 2.11 bits per heavy atom. The highest BCUT2D eigenvalue weighted by Crippen LogP contribution is 2.29. The molecule has 0 heterocycles. The Morgan fingerprint density at radius 1 is 0.947 bits per heavy atom. The highest BCUT2D eigenvalue weighted by Gasteiger charge is 2.04. The van der Waals surface area contributed by atoms with Gasteiger partial charge in [-0.25, -0.2) is 0 Å². The summed E-state index contributed by atoms with van der Waals surface area (Å²) < 4.78 is 10.5. The molecule has 0 aliphatic rings. The van der Waals surface area contributed by atoms with Crippen molar-refractivity contribution in [3.63, 3.8) is 0 Å². The average Bonchev–Trinajstić information content (AvgIpc) is 2.41. The second kappa shape index (κ2) is 5.52. The number of hydrogen-bond donors (Lipinski definition) is 2. The highest BCUT2D eigenvalue weighted by atomic mass is 16.5. The predicted molar refractivity (Wildman–Crippen MR) is 78.4 cm³/mol. The molecule has 0 fully saturated rings. The van der Waals surface area contributed by atoms with Gasteiger partial charge in [-0.05, 0) is 30.7 Å². The van der Waals surface area contributed by atoms with E-state index in [9.17, 15) is 0 Å². The minimum Gasteiger partial charge on any atom is -0.497 e. The van der Waals surface area contributed by atoms with Crippen molar-refractivity contribution in [1.29, 1.82) is 0 Å². The SMILES string of the molecule is COc1cc(Nc2ccc(N)cc2C)cc(OC)c1. The maximum atomic E-state index is 5.74. The van der Waals surface area contributed by atoms with E-state index in [-0.39, 0.29) is 0 Å². The van der Waals surface area contributed by atoms with Crippen LogP contribution < -0.4 is 20.5 Å². The quantitative estimate of drug-likeness (QED) is 0.826. The molecular weight excluding hydrogens is 240 g/mol. The molecule has 0 amide bonds. The maximum absolute atomic E-state index is 5.74. The largest absolute Gasteiger partial charge is 0.497 e. The van der Waals surface area contributed by atoms with Crippen LogP contribution in [-0.4, -0.2) is 14.2 Å². The molecule has 0 saturated heterocycles. The van der Waals surface area contributed by atoms with Crippen LogP contribution in [0.1, 0.15) is 5.56 Å². The number of aryl methyl sites for hydroxylation is 1. The molecule has 0 unspecified atom stereocenters. The number of nitrogens with one attached hydrogen (secondary N) is 1. The number of methoxy groups -OCH3 is 2. The molecule has 0 radical (unpaired) electrons. The van der Waals surface area contributed by atoms with Crippen molar-refractivity contribution < 1.29 is 9.47 Å². The molecule has 0 aliphatic heterocycles. The zero-order valence-corrected chi connectivity index (χ0v) is 11.4. The molecule has 100 valence electrons. The van der Waals surface area contributed by atoms with Gasteiger partial charge >= 0.3 is 0 Å². The van der Waals surface area contributed by atoms with Crippen molar-refractivity contribution in [3.05, 3.63) is 42.0 Å². The topological polar surface area (TPSA) is 56.5 Å². The van der Waals surface area contributed by atoms with E-state index in [1.807, 2.05) is 43.3 Å². The van der Waals surface area contributed by atoms with Crippen LogP contribution in [0.5, 0.6) is 11.5 Å². The van der Waals surface area contributed by atoms with Gasteiger partial charge in [0.2, 0.25) is 0 Å². The molecule has 2 aromatic carbocycles. The van der Waals surface area contributed by atoms with E-state index in [4.69, 9.17) is 15.2 Å².